The number of thioether (sulfide) groups is 1. The van der Waals surface area contributed by atoms with Crippen LogP contribution in [0.1, 0.15) is 11.1 Å². The summed E-state index contributed by atoms with van der Waals surface area (Å²) < 4.78 is 5.25. The van der Waals surface area contributed by atoms with Crippen molar-refractivity contribution in [3.05, 3.63) is 53.9 Å². The molecule has 0 aliphatic heterocycles. The molecule has 0 atom stereocenters. The Hall–Kier alpha value is -1.96. The lowest BCUT2D eigenvalue weighted by Crippen LogP contribution is -1.91. The fourth-order valence-corrected chi connectivity index (χ4v) is 2.54. The van der Waals surface area contributed by atoms with Gasteiger partial charge in [0.25, 0.3) is 0 Å². The zero-order chi connectivity index (χ0) is 14.2. The third kappa shape index (κ3) is 4.02. The molecule has 0 radical (unpaired) electrons. The van der Waals surface area contributed by atoms with E-state index in [1.54, 1.807) is 31.3 Å². The van der Waals surface area contributed by atoms with E-state index < -0.39 is 0 Å². The molecule has 0 amide bonds. The molecule has 4 heteroatoms. The molecular weight excluding hydrogens is 270 g/mol. The zero-order valence-electron chi connectivity index (χ0n) is 11.2. The van der Waals surface area contributed by atoms with E-state index in [0.29, 0.717) is 0 Å². The van der Waals surface area contributed by atoms with Gasteiger partial charge in [-0.3, -0.25) is 4.98 Å². The second kappa shape index (κ2) is 7.59. The number of ether oxygens (including phenoxy) is 1. The fourth-order valence-electron chi connectivity index (χ4n) is 1.67. The first kappa shape index (κ1) is 14.4. The Morgan fingerprint density at radius 2 is 2.05 bits per heavy atom. The highest BCUT2D eigenvalue weighted by atomic mass is 32.2. The van der Waals surface area contributed by atoms with E-state index in [0.717, 1.165) is 27.5 Å². The summed E-state index contributed by atoms with van der Waals surface area (Å²) in [5.41, 5.74) is 2.01. The summed E-state index contributed by atoms with van der Waals surface area (Å²) in [6.45, 7) is -0.136. The maximum Gasteiger partial charge on any atom is 0.119 e. The van der Waals surface area contributed by atoms with Crippen molar-refractivity contribution < 1.29 is 9.84 Å². The van der Waals surface area contributed by atoms with Crippen LogP contribution >= 0.6 is 11.8 Å². The number of pyridine rings is 1. The largest absolute Gasteiger partial charge is 0.497 e. The summed E-state index contributed by atoms with van der Waals surface area (Å²) in [5, 5.41) is 8.82. The SMILES string of the molecule is COc1ccc(C#CCO)c(CSc2ccncc2)c1. The number of hydrogen-bond donors (Lipinski definition) is 1. The third-order valence-corrected chi connectivity index (χ3v) is 3.72. The van der Waals surface area contributed by atoms with Crippen molar-refractivity contribution >= 4 is 11.8 Å². The molecule has 102 valence electrons. The second-order valence-electron chi connectivity index (χ2n) is 3.95. The van der Waals surface area contributed by atoms with Crippen LogP contribution in [0.2, 0.25) is 0 Å². The predicted molar refractivity (Wildman–Crippen MR) is 80.8 cm³/mol. The van der Waals surface area contributed by atoms with Gasteiger partial charge in [-0.25, -0.2) is 0 Å². The first-order valence-electron chi connectivity index (χ1n) is 6.13. The molecule has 1 heterocycles. The van der Waals surface area contributed by atoms with E-state index >= 15 is 0 Å². The molecule has 0 fully saturated rings. The second-order valence-corrected chi connectivity index (χ2v) is 5.00. The first-order chi connectivity index (χ1) is 9.83. The molecule has 1 aromatic heterocycles. The summed E-state index contributed by atoms with van der Waals surface area (Å²) in [5.74, 6) is 7.25. The van der Waals surface area contributed by atoms with Gasteiger partial charge in [0.1, 0.15) is 12.4 Å². The summed E-state index contributed by atoms with van der Waals surface area (Å²) in [7, 11) is 1.65. The minimum Gasteiger partial charge on any atom is -0.497 e. The summed E-state index contributed by atoms with van der Waals surface area (Å²) >= 11 is 1.71. The normalized spacial score (nSPS) is 9.70. The van der Waals surface area contributed by atoms with Crippen molar-refractivity contribution in [1.82, 2.24) is 4.98 Å². The average molecular weight is 285 g/mol. The Morgan fingerprint density at radius 3 is 2.75 bits per heavy atom. The lowest BCUT2D eigenvalue weighted by Gasteiger charge is -2.07. The molecule has 0 unspecified atom stereocenters. The van der Waals surface area contributed by atoms with Crippen LogP contribution in [-0.2, 0) is 5.75 Å². The van der Waals surface area contributed by atoms with Crippen molar-refractivity contribution in [2.24, 2.45) is 0 Å². The lowest BCUT2D eigenvalue weighted by molar-refractivity contribution is 0.350. The van der Waals surface area contributed by atoms with Crippen LogP contribution in [0.5, 0.6) is 5.75 Å². The van der Waals surface area contributed by atoms with Crippen LogP contribution < -0.4 is 4.74 Å². The van der Waals surface area contributed by atoms with Gasteiger partial charge in [-0.15, -0.1) is 11.8 Å². The van der Waals surface area contributed by atoms with Gasteiger partial charge < -0.3 is 9.84 Å². The van der Waals surface area contributed by atoms with Gasteiger partial charge in [0.05, 0.1) is 7.11 Å². The van der Waals surface area contributed by atoms with Crippen LogP contribution in [0, 0.1) is 11.8 Å². The molecule has 0 aliphatic carbocycles. The maximum absolute atomic E-state index is 8.82. The minimum absolute atomic E-state index is 0.136. The monoisotopic (exact) mass is 285 g/mol. The molecule has 2 rings (SSSR count). The zero-order valence-corrected chi connectivity index (χ0v) is 12.0. The molecule has 20 heavy (non-hydrogen) atoms. The molecule has 1 N–H and O–H groups in total. The number of hydrogen-bond acceptors (Lipinski definition) is 4. The molecule has 2 aromatic rings. The van der Waals surface area contributed by atoms with Gasteiger partial charge >= 0.3 is 0 Å². The number of benzene rings is 1. The third-order valence-electron chi connectivity index (χ3n) is 2.66. The number of aromatic nitrogens is 1. The lowest BCUT2D eigenvalue weighted by atomic mass is 10.1. The quantitative estimate of drug-likeness (QED) is 0.693. The number of aliphatic hydroxyl groups excluding tert-OH is 1. The first-order valence-corrected chi connectivity index (χ1v) is 7.11. The van der Waals surface area contributed by atoms with Crippen LogP contribution in [0.3, 0.4) is 0 Å². The molecule has 0 saturated carbocycles. The van der Waals surface area contributed by atoms with E-state index in [4.69, 9.17) is 9.84 Å². The average Bonchev–Trinajstić information content (AvgIpc) is 2.52. The predicted octanol–water partition coefficient (Wildman–Crippen LogP) is 2.73. The highest BCUT2D eigenvalue weighted by Crippen LogP contribution is 2.26. The van der Waals surface area contributed by atoms with E-state index in [-0.39, 0.29) is 6.61 Å². The Labute approximate surface area is 123 Å². The van der Waals surface area contributed by atoms with Gasteiger partial charge in [-0.05, 0) is 35.9 Å². The highest BCUT2D eigenvalue weighted by molar-refractivity contribution is 7.98. The highest BCUT2D eigenvalue weighted by Gasteiger charge is 2.04. The molecule has 3 nitrogen and oxygen atoms in total. The van der Waals surface area contributed by atoms with E-state index in [1.165, 1.54) is 0 Å². The topological polar surface area (TPSA) is 42.4 Å². The van der Waals surface area contributed by atoms with Gasteiger partial charge in [0.15, 0.2) is 0 Å². The molecule has 0 bridgehead atoms. The Balaban J connectivity index is 2.19. The smallest absolute Gasteiger partial charge is 0.119 e. The molecule has 1 aromatic carbocycles. The summed E-state index contributed by atoms with van der Waals surface area (Å²) in [6, 6.07) is 9.73. The van der Waals surface area contributed by atoms with Gasteiger partial charge in [0, 0.05) is 28.6 Å². The Bertz CT molecular complexity index is 617. The van der Waals surface area contributed by atoms with Crippen molar-refractivity contribution in [3.63, 3.8) is 0 Å². The molecule has 0 spiro atoms. The van der Waals surface area contributed by atoms with Gasteiger partial charge in [0.2, 0.25) is 0 Å². The van der Waals surface area contributed by atoms with Crippen LogP contribution in [0.25, 0.3) is 0 Å². The van der Waals surface area contributed by atoms with E-state index in [1.807, 2.05) is 30.3 Å². The van der Waals surface area contributed by atoms with Crippen LogP contribution in [0.15, 0.2) is 47.6 Å². The fraction of sp³-hybridized carbons (Fsp3) is 0.188. The van der Waals surface area contributed by atoms with Crippen LogP contribution in [-0.4, -0.2) is 23.8 Å². The van der Waals surface area contributed by atoms with Crippen molar-refractivity contribution in [3.8, 4) is 17.6 Å². The summed E-state index contributed by atoms with van der Waals surface area (Å²) in [6.07, 6.45) is 3.56. The molecule has 0 aliphatic rings. The Morgan fingerprint density at radius 1 is 1.25 bits per heavy atom. The number of aliphatic hydroxyl groups is 1. The summed E-state index contributed by atoms with van der Waals surface area (Å²) in [4.78, 5) is 5.16. The van der Waals surface area contributed by atoms with Gasteiger partial charge in [-0.1, -0.05) is 11.8 Å². The van der Waals surface area contributed by atoms with Gasteiger partial charge in [-0.2, -0.15) is 0 Å². The number of rotatable bonds is 4. The molecular formula is C16H15NO2S. The van der Waals surface area contributed by atoms with Crippen molar-refractivity contribution in [1.29, 1.82) is 0 Å². The number of nitrogens with zero attached hydrogens (tertiary/aromatic N) is 1. The Kier molecular flexibility index (Phi) is 5.48. The molecule has 0 saturated heterocycles. The standard InChI is InChI=1S/C16H15NO2S/c1-19-15-5-4-13(3-2-10-18)14(11-15)12-20-16-6-8-17-9-7-16/h4-9,11,18H,10,12H2,1H3. The van der Waals surface area contributed by atoms with Crippen molar-refractivity contribution in [2.45, 2.75) is 10.6 Å². The number of methoxy groups -OCH3 is 1. The van der Waals surface area contributed by atoms with Crippen LogP contribution in [0.4, 0.5) is 0 Å². The van der Waals surface area contributed by atoms with Crippen molar-refractivity contribution in [2.75, 3.05) is 13.7 Å². The van der Waals surface area contributed by atoms with E-state index in [9.17, 15) is 0 Å². The maximum atomic E-state index is 8.82. The minimum atomic E-state index is -0.136. The van der Waals surface area contributed by atoms with E-state index in [2.05, 4.69) is 16.8 Å².